The monoisotopic (exact) mass is 267 g/mol. The molecule has 5 heteroatoms. The minimum absolute atomic E-state index is 0.0285. The third kappa shape index (κ3) is 3.69. The average molecular weight is 267 g/mol. The first-order chi connectivity index (χ1) is 9.08. The van der Waals surface area contributed by atoms with Crippen LogP contribution in [0, 0.1) is 5.92 Å². The first-order valence-electron chi connectivity index (χ1n) is 7.32. The second kappa shape index (κ2) is 6.37. The van der Waals surface area contributed by atoms with E-state index in [4.69, 9.17) is 0 Å². The fraction of sp³-hybridized carbons (Fsp3) is 0.857. The first-order valence-corrected chi connectivity index (χ1v) is 7.32. The summed E-state index contributed by atoms with van der Waals surface area (Å²) >= 11 is 0. The zero-order valence-corrected chi connectivity index (χ0v) is 11.9. The Hall–Kier alpha value is -1.10. The molecule has 1 aliphatic heterocycles. The molecule has 2 aliphatic rings. The van der Waals surface area contributed by atoms with Crippen LogP contribution >= 0.6 is 0 Å². The normalized spacial score (nSPS) is 30.3. The molecule has 108 valence electrons. The predicted octanol–water partition coefficient (Wildman–Crippen LogP) is 0.502. The Morgan fingerprint density at radius 3 is 2.63 bits per heavy atom. The number of carbonyl (C=O) groups is 2. The Balaban J connectivity index is 1.78. The summed E-state index contributed by atoms with van der Waals surface area (Å²) in [4.78, 5) is 25.0. The van der Waals surface area contributed by atoms with E-state index in [0.29, 0.717) is 6.04 Å². The van der Waals surface area contributed by atoms with Gasteiger partial charge in [-0.15, -0.1) is 0 Å². The van der Waals surface area contributed by atoms with Gasteiger partial charge in [-0.2, -0.15) is 0 Å². The van der Waals surface area contributed by atoms with Crippen LogP contribution in [0.3, 0.4) is 0 Å². The van der Waals surface area contributed by atoms with Crippen LogP contribution in [0.4, 0.5) is 0 Å². The molecule has 0 radical (unpaired) electrons. The number of likely N-dealkylation sites (N-methyl/N-ethyl adjacent to an activating group) is 1. The van der Waals surface area contributed by atoms with E-state index in [9.17, 15) is 9.59 Å². The summed E-state index contributed by atoms with van der Waals surface area (Å²) in [7, 11) is 3.39. The Labute approximate surface area is 115 Å². The van der Waals surface area contributed by atoms with Gasteiger partial charge in [0.1, 0.15) is 0 Å². The molecule has 3 atom stereocenters. The quantitative estimate of drug-likeness (QED) is 0.783. The van der Waals surface area contributed by atoms with Crippen LogP contribution in [0.15, 0.2) is 0 Å². The molecule has 2 rings (SSSR count). The standard InChI is InChI=1S/C14H25N3O2/c1-17(2)13(18)9-15-14(19)12-8-7-10-5-3-4-6-11(10)16-12/h10-12,16H,3-9H2,1-2H3,(H,15,19). The summed E-state index contributed by atoms with van der Waals surface area (Å²) in [5.74, 6) is 0.653. The molecular weight excluding hydrogens is 242 g/mol. The molecule has 5 nitrogen and oxygen atoms in total. The Kier molecular flexibility index (Phi) is 4.80. The van der Waals surface area contributed by atoms with Crippen LogP contribution in [0.2, 0.25) is 0 Å². The van der Waals surface area contributed by atoms with Gasteiger partial charge in [-0.1, -0.05) is 12.8 Å². The van der Waals surface area contributed by atoms with Crippen molar-refractivity contribution in [1.29, 1.82) is 0 Å². The zero-order chi connectivity index (χ0) is 13.8. The maximum absolute atomic E-state index is 12.1. The second-order valence-electron chi connectivity index (χ2n) is 5.95. The second-order valence-corrected chi connectivity index (χ2v) is 5.95. The van der Waals surface area contributed by atoms with E-state index in [2.05, 4.69) is 10.6 Å². The summed E-state index contributed by atoms with van der Waals surface area (Å²) in [6.07, 6.45) is 7.11. The SMILES string of the molecule is CN(C)C(=O)CNC(=O)C1CCC2CCCCC2N1. The molecule has 0 aromatic rings. The number of hydrogen-bond donors (Lipinski definition) is 2. The molecule has 2 amide bonds. The minimum atomic E-state index is -0.116. The molecule has 1 saturated carbocycles. The van der Waals surface area contributed by atoms with Crippen molar-refractivity contribution in [3.05, 3.63) is 0 Å². The van der Waals surface area contributed by atoms with E-state index in [1.165, 1.54) is 30.6 Å². The molecule has 0 aromatic carbocycles. The highest BCUT2D eigenvalue weighted by Gasteiger charge is 2.34. The lowest BCUT2D eigenvalue weighted by atomic mass is 9.77. The smallest absolute Gasteiger partial charge is 0.241 e. The average Bonchev–Trinajstić information content (AvgIpc) is 2.43. The molecule has 19 heavy (non-hydrogen) atoms. The molecular formula is C14H25N3O2. The molecule has 1 aliphatic carbocycles. The van der Waals surface area contributed by atoms with Crippen molar-refractivity contribution < 1.29 is 9.59 Å². The number of piperidine rings is 1. The molecule has 0 spiro atoms. The van der Waals surface area contributed by atoms with E-state index in [-0.39, 0.29) is 24.4 Å². The van der Waals surface area contributed by atoms with Gasteiger partial charge in [-0.3, -0.25) is 9.59 Å². The fourth-order valence-corrected chi connectivity index (χ4v) is 3.15. The van der Waals surface area contributed by atoms with Crippen molar-refractivity contribution >= 4 is 11.8 Å². The van der Waals surface area contributed by atoms with E-state index >= 15 is 0 Å². The summed E-state index contributed by atoms with van der Waals surface area (Å²) in [6.45, 7) is 0.0953. The van der Waals surface area contributed by atoms with Crippen molar-refractivity contribution in [1.82, 2.24) is 15.5 Å². The van der Waals surface area contributed by atoms with Crippen LogP contribution in [0.1, 0.15) is 38.5 Å². The van der Waals surface area contributed by atoms with Gasteiger partial charge in [-0.25, -0.2) is 0 Å². The van der Waals surface area contributed by atoms with Crippen molar-refractivity contribution in [3.63, 3.8) is 0 Å². The van der Waals surface area contributed by atoms with Gasteiger partial charge in [0.2, 0.25) is 11.8 Å². The maximum Gasteiger partial charge on any atom is 0.241 e. The lowest BCUT2D eigenvalue weighted by molar-refractivity contribution is -0.132. The highest BCUT2D eigenvalue weighted by Crippen LogP contribution is 2.32. The maximum atomic E-state index is 12.1. The summed E-state index contributed by atoms with van der Waals surface area (Å²) in [5.41, 5.74) is 0. The topological polar surface area (TPSA) is 61.4 Å². The summed E-state index contributed by atoms with van der Waals surface area (Å²) < 4.78 is 0. The van der Waals surface area contributed by atoms with Crippen molar-refractivity contribution in [2.75, 3.05) is 20.6 Å². The Morgan fingerprint density at radius 2 is 1.89 bits per heavy atom. The van der Waals surface area contributed by atoms with E-state index in [1.54, 1.807) is 14.1 Å². The predicted molar refractivity (Wildman–Crippen MR) is 73.6 cm³/mol. The van der Waals surface area contributed by atoms with Crippen molar-refractivity contribution in [3.8, 4) is 0 Å². The number of carbonyl (C=O) groups excluding carboxylic acids is 2. The van der Waals surface area contributed by atoms with Gasteiger partial charge in [0, 0.05) is 20.1 Å². The van der Waals surface area contributed by atoms with Crippen LogP contribution in [-0.4, -0.2) is 49.4 Å². The molecule has 1 heterocycles. The van der Waals surface area contributed by atoms with E-state index < -0.39 is 0 Å². The van der Waals surface area contributed by atoms with E-state index in [0.717, 1.165) is 18.8 Å². The number of nitrogens with one attached hydrogen (secondary N) is 2. The van der Waals surface area contributed by atoms with Crippen LogP contribution in [0.5, 0.6) is 0 Å². The fourth-order valence-electron chi connectivity index (χ4n) is 3.15. The zero-order valence-electron chi connectivity index (χ0n) is 11.9. The number of fused-ring (bicyclic) bond motifs is 1. The van der Waals surface area contributed by atoms with Gasteiger partial charge in [0.15, 0.2) is 0 Å². The largest absolute Gasteiger partial charge is 0.347 e. The Morgan fingerprint density at radius 1 is 1.16 bits per heavy atom. The van der Waals surface area contributed by atoms with Crippen LogP contribution in [0.25, 0.3) is 0 Å². The number of nitrogens with zero attached hydrogens (tertiary/aromatic N) is 1. The number of hydrogen-bond acceptors (Lipinski definition) is 3. The van der Waals surface area contributed by atoms with Gasteiger partial charge >= 0.3 is 0 Å². The first kappa shape index (κ1) is 14.3. The molecule has 2 fully saturated rings. The highest BCUT2D eigenvalue weighted by atomic mass is 16.2. The van der Waals surface area contributed by atoms with Crippen LogP contribution < -0.4 is 10.6 Å². The molecule has 0 bridgehead atoms. The minimum Gasteiger partial charge on any atom is -0.347 e. The Bertz CT molecular complexity index is 344. The number of amides is 2. The molecule has 3 unspecified atom stereocenters. The summed E-state index contributed by atoms with van der Waals surface area (Å²) in [6, 6.07) is 0.386. The van der Waals surface area contributed by atoms with Gasteiger partial charge in [0.05, 0.1) is 12.6 Å². The van der Waals surface area contributed by atoms with Gasteiger partial charge in [0.25, 0.3) is 0 Å². The lowest BCUT2D eigenvalue weighted by Crippen LogP contribution is -2.55. The molecule has 0 aromatic heterocycles. The third-order valence-corrected chi connectivity index (χ3v) is 4.38. The lowest BCUT2D eigenvalue weighted by Gasteiger charge is -2.39. The molecule has 1 saturated heterocycles. The van der Waals surface area contributed by atoms with Gasteiger partial charge in [-0.05, 0) is 31.6 Å². The van der Waals surface area contributed by atoms with Crippen LogP contribution in [-0.2, 0) is 9.59 Å². The molecule has 2 N–H and O–H groups in total. The highest BCUT2D eigenvalue weighted by molar-refractivity contribution is 5.87. The van der Waals surface area contributed by atoms with Crippen molar-refractivity contribution in [2.45, 2.75) is 50.6 Å². The number of rotatable bonds is 3. The summed E-state index contributed by atoms with van der Waals surface area (Å²) in [5, 5.41) is 6.21. The van der Waals surface area contributed by atoms with Gasteiger partial charge < -0.3 is 15.5 Å². The third-order valence-electron chi connectivity index (χ3n) is 4.38. The van der Waals surface area contributed by atoms with Crippen molar-refractivity contribution in [2.24, 2.45) is 5.92 Å². The van der Waals surface area contributed by atoms with E-state index in [1.807, 2.05) is 0 Å².